The molecule has 0 aliphatic carbocycles. The zero-order chi connectivity index (χ0) is 16.1. The van der Waals surface area contributed by atoms with E-state index in [1.807, 2.05) is 24.3 Å². The summed E-state index contributed by atoms with van der Waals surface area (Å²) in [5, 5.41) is 14.7. The molecule has 0 spiro atoms. The Morgan fingerprint density at radius 1 is 1.27 bits per heavy atom. The van der Waals surface area contributed by atoms with Gasteiger partial charge in [-0.15, -0.1) is 0 Å². The zero-order valence-corrected chi connectivity index (χ0v) is 13.2. The molecule has 0 unspecified atom stereocenters. The molecule has 2 aromatic carbocycles. The maximum atomic E-state index is 12.1. The molecular formula is C15H12BrN3O3. The van der Waals surface area contributed by atoms with Gasteiger partial charge in [0.05, 0.1) is 16.7 Å². The predicted octanol–water partition coefficient (Wildman–Crippen LogP) is 3.43. The molecule has 0 saturated heterocycles. The van der Waals surface area contributed by atoms with Crippen LogP contribution in [0.2, 0.25) is 0 Å². The molecule has 2 aromatic rings. The minimum Gasteiger partial charge on any atom is -0.267 e. The summed E-state index contributed by atoms with van der Waals surface area (Å²) in [6.07, 6.45) is 1.49. The SMILES string of the molecule is Cc1c(C(=O)N/N=C\c2ccccc2Br)cccc1[N+](=O)[O-]. The Labute approximate surface area is 135 Å². The number of nitrogens with one attached hydrogen (secondary N) is 1. The topological polar surface area (TPSA) is 84.6 Å². The van der Waals surface area contributed by atoms with Crippen molar-refractivity contribution in [3.8, 4) is 0 Å². The van der Waals surface area contributed by atoms with Gasteiger partial charge in [-0.1, -0.05) is 40.2 Å². The lowest BCUT2D eigenvalue weighted by molar-refractivity contribution is -0.385. The number of hydrogen-bond donors (Lipinski definition) is 1. The maximum absolute atomic E-state index is 12.1. The highest BCUT2D eigenvalue weighted by molar-refractivity contribution is 9.10. The van der Waals surface area contributed by atoms with Gasteiger partial charge in [0.2, 0.25) is 0 Å². The monoisotopic (exact) mass is 361 g/mol. The summed E-state index contributed by atoms with van der Waals surface area (Å²) < 4.78 is 0.847. The number of halogens is 1. The van der Waals surface area contributed by atoms with Gasteiger partial charge in [0.1, 0.15) is 0 Å². The molecule has 1 amide bonds. The molecule has 0 radical (unpaired) electrons. The molecular weight excluding hydrogens is 350 g/mol. The van der Waals surface area contributed by atoms with Gasteiger partial charge in [-0.25, -0.2) is 5.43 Å². The number of hydrogen-bond acceptors (Lipinski definition) is 4. The largest absolute Gasteiger partial charge is 0.273 e. The number of nitrogens with zero attached hydrogens (tertiary/aromatic N) is 2. The lowest BCUT2D eigenvalue weighted by Crippen LogP contribution is -2.19. The smallest absolute Gasteiger partial charge is 0.267 e. The zero-order valence-electron chi connectivity index (χ0n) is 11.6. The van der Waals surface area contributed by atoms with Crippen LogP contribution in [0.5, 0.6) is 0 Å². The molecule has 0 fully saturated rings. The van der Waals surface area contributed by atoms with Gasteiger partial charge in [0.15, 0.2) is 0 Å². The molecule has 7 heteroatoms. The third-order valence-electron chi connectivity index (χ3n) is 3.02. The van der Waals surface area contributed by atoms with Crippen molar-refractivity contribution in [1.82, 2.24) is 5.43 Å². The van der Waals surface area contributed by atoms with Gasteiger partial charge >= 0.3 is 0 Å². The van der Waals surface area contributed by atoms with E-state index in [1.165, 1.54) is 31.3 Å². The van der Waals surface area contributed by atoms with Crippen molar-refractivity contribution in [3.05, 3.63) is 73.7 Å². The number of nitro groups is 1. The second kappa shape index (κ2) is 6.95. The van der Waals surface area contributed by atoms with E-state index in [9.17, 15) is 14.9 Å². The molecule has 0 aromatic heterocycles. The highest BCUT2D eigenvalue weighted by atomic mass is 79.9. The van der Waals surface area contributed by atoms with Crippen molar-refractivity contribution in [1.29, 1.82) is 0 Å². The summed E-state index contributed by atoms with van der Waals surface area (Å²) in [5.41, 5.74) is 3.61. The molecule has 2 rings (SSSR count). The van der Waals surface area contributed by atoms with Crippen molar-refractivity contribution in [2.45, 2.75) is 6.92 Å². The number of hydrazone groups is 1. The Morgan fingerprint density at radius 2 is 2.00 bits per heavy atom. The number of carbonyl (C=O) groups is 1. The Hall–Kier alpha value is -2.54. The van der Waals surface area contributed by atoms with Gasteiger partial charge < -0.3 is 0 Å². The normalized spacial score (nSPS) is 10.6. The van der Waals surface area contributed by atoms with Crippen LogP contribution in [0, 0.1) is 17.0 Å². The van der Waals surface area contributed by atoms with Crippen molar-refractivity contribution in [2.75, 3.05) is 0 Å². The van der Waals surface area contributed by atoms with E-state index in [-0.39, 0.29) is 11.3 Å². The fourth-order valence-electron chi connectivity index (χ4n) is 1.87. The van der Waals surface area contributed by atoms with Gasteiger partial charge in [-0.05, 0) is 19.1 Å². The van der Waals surface area contributed by atoms with E-state index < -0.39 is 10.8 Å². The van der Waals surface area contributed by atoms with E-state index in [4.69, 9.17) is 0 Å². The summed E-state index contributed by atoms with van der Waals surface area (Å²) in [7, 11) is 0. The van der Waals surface area contributed by atoms with Crippen molar-refractivity contribution >= 4 is 33.7 Å². The van der Waals surface area contributed by atoms with Gasteiger partial charge in [-0.3, -0.25) is 14.9 Å². The number of nitro benzene ring substituents is 1. The van der Waals surface area contributed by atoms with Gasteiger partial charge in [-0.2, -0.15) is 5.10 Å². The minimum atomic E-state index is -0.517. The Morgan fingerprint density at radius 3 is 2.68 bits per heavy atom. The molecule has 22 heavy (non-hydrogen) atoms. The molecule has 0 saturated carbocycles. The second-order valence-corrected chi connectivity index (χ2v) is 5.28. The van der Waals surface area contributed by atoms with Crippen LogP contribution in [0.4, 0.5) is 5.69 Å². The molecule has 0 aliphatic heterocycles. The van der Waals surface area contributed by atoms with Crippen LogP contribution in [0.3, 0.4) is 0 Å². The molecule has 0 aliphatic rings. The quantitative estimate of drug-likeness (QED) is 0.514. The first-order chi connectivity index (χ1) is 10.5. The Kier molecular flexibility index (Phi) is 5.00. The number of rotatable bonds is 4. The first-order valence-corrected chi connectivity index (χ1v) is 7.12. The fourth-order valence-corrected chi connectivity index (χ4v) is 2.25. The summed E-state index contributed by atoms with van der Waals surface area (Å²) in [6, 6.07) is 11.7. The van der Waals surface area contributed by atoms with Crippen LogP contribution in [-0.4, -0.2) is 17.0 Å². The third kappa shape index (κ3) is 3.56. The lowest BCUT2D eigenvalue weighted by atomic mass is 10.1. The molecule has 1 N–H and O–H groups in total. The average Bonchev–Trinajstić information content (AvgIpc) is 2.49. The van der Waals surface area contributed by atoms with Crippen LogP contribution >= 0.6 is 15.9 Å². The van der Waals surface area contributed by atoms with E-state index in [2.05, 4.69) is 26.5 Å². The molecule has 6 nitrogen and oxygen atoms in total. The number of amides is 1. The van der Waals surface area contributed by atoms with Crippen molar-refractivity contribution in [2.24, 2.45) is 5.10 Å². The fraction of sp³-hybridized carbons (Fsp3) is 0.0667. The minimum absolute atomic E-state index is 0.0950. The summed E-state index contributed by atoms with van der Waals surface area (Å²) in [4.78, 5) is 22.4. The highest BCUT2D eigenvalue weighted by Gasteiger charge is 2.17. The summed E-state index contributed by atoms with van der Waals surface area (Å²) >= 11 is 3.37. The Bertz CT molecular complexity index is 759. The average molecular weight is 362 g/mol. The van der Waals surface area contributed by atoms with Crippen molar-refractivity contribution < 1.29 is 9.72 Å². The first kappa shape index (κ1) is 15.8. The van der Waals surface area contributed by atoms with Crippen LogP contribution in [-0.2, 0) is 0 Å². The predicted molar refractivity (Wildman–Crippen MR) is 87.0 cm³/mol. The van der Waals surface area contributed by atoms with Crippen molar-refractivity contribution in [3.63, 3.8) is 0 Å². The standard InChI is InChI=1S/C15H12BrN3O3/c1-10-12(6-4-8-14(10)19(21)22)15(20)18-17-9-11-5-2-3-7-13(11)16/h2-9H,1H3,(H,18,20)/b17-9-. The lowest BCUT2D eigenvalue weighted by Gasteiger charge is -2.04. The van der Waals surface area contributed by atoms with E-state index in [0.717, 1.165) is 10.0 Å². The molecule has 0 bridgehead atoms. The number of carbonyl (C=O) groups excluding carboxylic acids is 1. The van der Waals surface area contributed by atoms with E-state index in [1.54, 1.807) is 0 Å². The van der Waals surface area contributed by atoms with E-state index >= 15 is 0 Å². The van der Waals surface area contributed by atoms with Crippen LogP contribution in [0.1, 0.15) is 21.5 Å². The van der Waals surface area contributed by atoms with Crippen LogP contribution in [0.15, 0.2) is 52.0 Å². The summed E-state index contributed by atoms with van der Waals surface area (Å²) in [6.45, 7) is 1.53. The van der Waals surface area contributed by atoms with E-state index in [0.29, 0.717) is 5.56 Å². The van der Waals surface area contributed by atoms with Gasteiger partial charge in [0.25, 0.3) is 11.6 Å². The maximum Gasteiger partial charge on any atom is 0.273 e. The molecule has 0 heterocycles. The molecule has 0 atom stereocenters. The number of benzene rings is 2. The van der Waals surface area contributed by atoms with Crippen LogP contribution in [0.25, 0.3) is 0 Å². The molecule has 112 valence electrons. The van der Waals surface area contributed by atoms with Crippen LogP contribution < -0.4 is 5.43 Å². The first-order valence-electron chi connectivity index (χ1n) is 6.32. The summed E-state index contributed by atoms with van der Waals surface area (Å²) in [5.74, 6) is -0.496. The second-order valence-electron chi connectivity index (χ2n) is 4.43. The highest BCUT2D eigenvalue weighted by Crippen LogP contribution is 2.20. The third-order valence-corrected chi connectivity index (χ3v) is 3.74. The Balaban J connectivity index is 2.15. The van der Waals surface area contributed by atoms with Gasteiger partial charge in [0, 0.05) is 21.7 Å².